The summed E-state index contributed by atoms with van der Waals surface area (Å²) in [6.45, 7) is 0. The average molecular weight is 360 g/mol. The van der Waals surface area contributed by atoms with Crippen molar-refractivity contribution in [1.82, 2.24) is 4.98 Å². The lowest BCUT2D eigenvalue weighted by Gasteiger charge is -2.05. The van der Waals surface area contributed by atoms with Crippen LogP contribution in [0.2, 0.25) is 5.02 Å². The van der Waals surface area contributed by atoms with Crippen LogP contribution in [0.3, 0.4) is 0 Å². The van der Waals surface area contributed by atoms with Crippen molar-refractivity contribution in [3.63, 3.8) is 0 Å². The molecule has 0 atom stereocenters. The van der Waals surface area contributed by atoms with Gasteiger partial charge in [0.05, 0.1) is 24.0 Å². The molecule has 0 aliphatic rings. The molecule has 5 nitrogen and oxygen atoms in total. The predicted octanol–water partition coefficient (Wildman–Crippen LogP) is 4.62. The van der Waals surface area contributed by atoms with Gasteiger partial charge in [-0.1, -0.05) is 41.9 Å². The summed E-state index contributed by atoms with van der Waals surface area (Å²) in [5, 5.41) is 16.7. The number of thiazole rings is 1. The number of nitrogens with zero attached hydrogens (tertiary/aromatic N) is 2. The third-order valence-corrected chi connectivity index (χ3v) is 4.25. The van der Waals surface area contributed by atoms with Crippen LogP contribution in [0.4, 0.5) is 5.13 Å². The van der Waals surface area contributed by atoms with E-state index in [1.807, 2.05) is 35.7 Å². The maximum absolute atomic E-state index is 9.71. The molecule has 7 heteroatoms. The fraction of sp³-hybridized carbons (Fsp3) is 0.0588. The molecular formula is C17H14ClN3O2S. The molecule has 0 aliphatic heterocycles. The number of ether oxygens (including phenoxy) is 1. The number of aromatic nitrogens is 1. The van der Waals surface area contributed by atoms with Crippen molar-refractivity contribution in [2.24, 2.45) is 5.10 Å². The van der Waals surface area contributed by atoms with Crippen molar-refractivity contribution in [3.05, 3.63) is 58.4 Å². The number of nitrogens with one attached hydrogen (secondary N) is 1. The molecule has 0 saturated heterocycles. The van der Waals surface area contributed by atoms with Crippen LogP contribution >= 0.6 is 22.9 Å². The first-order chi connectivity index (χ1) is 11.7. The summed E-state index contributed by atoms with van der Waals surface area (Å²) in [5.41, 5.74) is 5.53. The Morgan fingerprint density at radius 1 is 1.29 bits per heavy atom. The first-order valence-electron chi connectivity index (χ1n) is 7.04. The Labute approximate surface area is 148 Å². The zero-order valence-corrected chi connectivity index (χ0v) is 14.3. The minimum atomic E-state index is -0.0864. The van der Waals surface area contributed by atoms with E-state index in [0.29, 0.717) is 16.4 Å². The van der Waals surface area contributed by atoms with Crippen LogP contribution in [0.1, 0.15) is 5.56 Å². The van der Waals surface area contributed by atoms with Crippen molar-refractivity contribution in [3.8, 4) is 22.8 Å². The highest BCUT2D eigenvalue weighted by atomic mass is 35.5. The number of phenolic OH excluding ortho intramolecular Hbond substituents is 1. The molecular weight excluding hydrogens is 346 g/mol. The van der Waals surface area contributed by atoms with Crippen LogP contribution in [0.5, 0.6) is 11.5 Å². The minimum Gasteiger partial charge on any atom is -0.503 e. The van der Waals surface area contributed by atoms with E-state index < -0.39 is 0 Å². The highest BCUT2D eigenvalue weighted by molar-refractivity contribution is 7.14. The molecule has 0 aliphatic carbocycles. The van der Waals surface area contributed by atoms with Gasteiger partial charge in [-0.3, -0.25) is 5.43 Å². The number of phenols is 1. The van der Waals surface area contributed by atoms with Crippen LogP contribution < -0.4 is 10.2 Å². The molecule has 0 fully saturated rings. The summed E-state index contributed by atoms with van der Waals surface area (Å²) >= 11 is 7.41. The Balaban J connectivity index is 1.71. The van der Waals surface area contributed by atoms with Crippen molar-refractivity contribution in [2.75, 3.05) is 12.5 Å². The lowest BCUT2D eigenvalue weighted by Crippen LogP contribution is -1.92. The quantitative estimate of drug-likeness (QED) is 0.515. The molecule has 122 valence electrons. The number of methoxy groups -OCH3 is 1. The summed E-state index contributed by atoms with van der Waals surface area (Å²) in [6, 6.07) is 13.2. The van der Waals surface area contributed by atoms with Gasteiger partial charge >= 0.3 is 0 Å². The molecule has 2 N–H and O–H groups in total. The van der Waals surface area contributed by atoms with Crippen molar-refractivity contribution in [1.29, 1.82) is 0 Å². The molecule has 3 rings (SSSR count). The smallest absolute Gasteiger partial charge is 0.203 e. The van der Waals surface area contributed by atoms with E-state index in [1.54, 1.807) is 18.3 Å². The van der Waals surface area contributed by atoms with Gasteiger partial charge in [0, 0.05) is 10.9 Å². The number of benzene rings is 2. The van der Waals surface area contributed by atoms with Crippen molar-refractivity contribution >= 4 is 34.3 Å². The molecule has 0 bridgehead atoms. The molecule has 1 heterocycles. The largest absolute Gasteiger partial charge is 0.503 e. The van der Waals surface area contributed by atoms with Crippen LogP contribution in [0, 0.1) is 0 Å². The Morgan fingerprint density at radius 3 is 2.83 bits per heavy atom. The highest BCUT2D eigenvalue weighted by Gasteiger charge is 2.08. The molecule has 0 saturated carbocycles. The molecule has 1 aromatic heterocycles. The number of halogens is 1. The van der Waals surface area contributed by atoms with Gasteiger partial charge in [0.25, 0.3) is 0 Å². The van der Waals surface area contributed by atoms with Gasteiger partial charge in [0.2, 0.25) is 5.13 Å². The van der Waals surface area contributed by atoms with E-state index >= 15 is 0 Å². The number of hydrogen-bond donors (Lipinski definition) is 2. The molecule has 3 aromatic rings. The number of hydrazone groups is 1. The van der Waals surface area contributed by atoms with Gasteiger partial charge in [0.15, 0.2) is 11.5 Å². The topological polar surface area (TPSA) is 66.7 Å². The van der Waals surface area contributed by atoms with E-state index in [2.05, 4.69) is 15.5 Å². The number of anilines is 1. The fourth-order valence-corrected chi connectivity index (χ4v) is 2.94. The molecule has 0 spiro atoms. The Bertz CT molecular complexity index is 866. The summed E-state index contributed by atoms with van der Waals surface area (Å²) in [5.74, 6) is 0.210. The normalized spacial score (nSPS) is 10.9. The lowest BCUT2D eigenvalue weighted by molar-refractivity contribution is 0.373. The highest BCUT2D eigenvalue weighted by Crippen LogP contribution is 2.34. The third-order valence-electron chi connectivity index (χ3n) is 3.22. The minimum absolute atomic E-state index is 0.0864. The van der Waals surface area contributed by atoms with E-state index in [9.17, 15) is 5.11 Å². The maximum Gasteiger partial charge on any atom is 0.203 e. The first kappa shape index (κ1) is 16.3. The molecule has 2 aromatic carbocycles. The SMILES string of the molecule is COc1cc(/C=N\Nc2nc(-c3ccccc3)cs2)cc(Cl)c1O. The monoisotopic (exact) mass is 359 g/mol. The summed E-state index contributed by atoms with van der Waals surface area (Å²) in [7, 11) is 1.46. The third kappa shape index (κ3) is 3.67. The average Bonchev–Trinajstić information content (AvgIpc) is 3.07. The number of aromatic hydroxyl groups is 1. The van der Waals surface area contributed by atoms with Gasteiger partial charge in [-0.25, -0.2) is 4.98 Å². The Hall–Kier alpha value is -2.57. The Morgan fingerprint density at radius 2 is 2.08 bits per heavy atom. The van der Waals surface area contributed by atoms with Gasteiger partial charge in [-0.05, 0) is 17.7 Å². The van der Waals surface area contributed by atoms with Crippen molar-refractivity contribution in [2.45, 2.75) is 0 Å². The standard InChI is InChI=1S/C17H14ClN3O2S/c1-23-15-8-11(7-13(18)16(15)22)9-19-21-17-20-14(10-24-17)12-5-3-2-4-6-12/h2-10,22H,1H3,(H,20,21)/b19-9-. The second kappa shape index (κ2) is 7.33. The number of hydrogen-bond acceptors (Lipinski definition) is 6. The molecule has 0 radical (unpaired) electrons. The number of rotatable bonds is 5. The zero-order chi connectivity index (χ0) is 16.9. The molecule has 0 amide bonds. The van der Waals surface area contributed by atoms with Crippen LogP contribution in [0.15, 0.2) is 52.9 Å². The second-order valence-electron chi connectivity index (χ2n) is 4.83. The van der Waals surface area contributed by atoms with E-state index in [-0.39, 0.29) is 10.8 Å². The Kier molecular flexibility index (Phi) is 4.98. The van der Waals surface area contributed by atoms with Gasteiger partial charge < -0.3 is 9.84 Å². The van der Waals surface area contributed by atoms with E-state index in [4.69, 9.17) is 16.3 Å². The fourth-order valence-electron chi connectivity index (χ4n) is 2.05. The van der Waals surface area contributed by atoms with Crippen LogP contribution in [-0.2, 0) is 0 Å². The predicted molar refractivity (Wildman–Crippen MR) is 98.4 cm³/mol. The van der Waals surface area contributed by atoms with Crippen LogP contribution in [0.25, 0.3) is 11.3 Å². The summed E-state index contributed by atoms with van der Waals surface area (Å²) < 4.78 is 5.06. The van der Waals surface area contributed by atoms with Gasteiger partial charge in [-0.2, -0.15) is 5.10 Å². The summed E-state index contributed by atoms with van der Waals surface area (Å²) in [4.78, 5) is 4.48. The van der Waals surface area contributed by atoms with Crippen molar-refractivity contribution < 1.29 is 9.84 Å². The zero-order valence-electron chi connectivity index (χ0n) is 12.7. The van der Waals surface area contributed by atoms with Crippen LogP contribution in [-0.4, -0.2) is 23.4 Å². The maximum atomic E-state index is 9.71. The van der Waals surface area contributed by atoms with Gasteiger partial charge in [0.1, 0.15) is 0 Å². The van der Waals surface area contributed by atoms with E-state index in [0.717, 1.165) is 11.3 Å². The first-order valence-corrected chi connectivity index (χ1v) is 8.29. The summed E-state index contributed by atoms with van der Waals surface area (Å²) in [6.07, 6.45) is 1.58. The second-order valence-corrected chi connectivity index (χ2v) is 6.09. The van der Waals surface area contributed by atoms with E-state index in [1.165, 1.54) is 18.4 Å². The molecule has 24 heavy (non-hydrogen) atoms. The van der Waals surface area contributed by atoms with Gasteiger partial charge in [-0.15, -0.1) is 11.3 Å². The molecule has 0 unspecified atom stereocenters. The lowest BCUT2D eigenvalue weighted by atomic mass is 10.2.